The SMILES string of the molecule is c1cc(-c2n[nH]c(C3CCCCC3)n2)c2nccnc2c1. The fourth-order valence-corrected chi connectivity index (χ4v) is 3.13. The monoisotopic (exact) mass is 279 g/mol. The third-order valence-electron chi connectivity index (χ3n) is 4.23. The smallest absolute Gasteiger partial charge is 0.183 e. The maximum atomic E-state index is 4.72. The van der Waals surface area contributed by atoms with Gasteiger partial charge in [0.05, 0.1) is 11.0 Å². The van der Waals surface area contributed by atoms with Crippen molar-refractivity contribution in [1.29, 1.82) is 0 Å². The second-order valence-corrected chi connectivity index (χ2v) is 5.61. The average molecular weight is 279 g/mol. The Hall–Kier alpha value is -2.30. The van der Waals surface area contributed by atoms with Crippen LogP contribution < -0.4 is 0 Å². The quantitative estimate of drug-likeness (QED) is 0.780. The maximum absolute atomic E-state index is 4.72. The van der Waals surface area contributed by atoms with E-state index in [9.17, 15) is 0 Å². The molecule has 2 heterocycles. The Morgan fingerprint density at radius 2 is 1.86 bits per heavy atom. The fourth-order valence-electron chi connectivity index (χ4n) is 3.13. The summed E-state index contributed by atoms with van der Waals surface area (Å²) in [6.45, 7) is 0. The van der Waals surface area contributed by atoms with Gasteiger partial charge in [-0.2, -0.15) is 5.10 Å². The summed E-state index contributed by atoms with van der Waals surface area (Å²) in [7, 11) is 0. The molecule has 3 aromatic rings. The second-order valence-electron chi connectivity index (χ2n) is 5.61. The number of hydrogen-bond acceptors (Lipinski definition) is 4. The Kier molecular flexibility index (Phi) is 3.10. The van der Waals surface area contributed by atoms with Gasteiger partial charge in [0.15, 0.2) is 5.82 Å². The van der Waals surface area contributed by atoms with Gasteiger partial charge in [0.1, 0.15) is 5.82 Å². The highest BCUT2D eigenvalue weighted by Crippen LogP contribution is 2.32. The number of aromatic nitrogens is 5. The summed E-state index contributed by atoms with van der Waals surface area (Å²) in [6.07, 6.45) is 9.77. The van der Waals surface area contributed by atoms with Gasteiger partial charge in [0, 0.05) is 23.9 Å². The van der Waals surface area contributed by atoms with Gasteiger partial charge >= 0.3 is 0 Å². The number of rotatable bonds is 2. The second kappa shape index (κ2) is 5.24. The molecule has 0 radical (unpaired) electrons. The molecule has 0 spiro atoms. The molecule has 4 rings (SSSR count). The van der Waals surface area contributed by atoms with Crippen LogP contribution in [0.25, 0.3) is 22.4 Å². The molecule has 1 N–H and O–H groups in total. The van der Waals surface area contributed by atoms with Crippen molar-refractivity contribution in [3.63, 3.8) is 0 Å². The predicted molar refractivity (Wildman–Crippen MR) is 80.7 cm³/mol. The molecule has 0 aliphatic heterocycles. The van der Waals surface area contributed by atoms with Gasteiger partial charge in [-0.15, -0.1) is 0 Å². The van der Waals surface area contributed by atoms with E-state index in [1.165, 1.54) is 32.1 Å². The first-order valence-electron chi connectivity index (χ1n) is 7.54. The minimum atomic E-state index is 0.529. The topological polar surface area (TPSA) is 67.3 Å². The molecule has 1 aliphatic rings. The van der Waals surface area contributed by atoms with E-state index in [-0.39, 0.29) is 0 Å². The van der Waals surface area contributed by atoms with Crippen molar-refractivity contribution in [1.82, 2.24) is 25.1 Å². The van der Waals surface area contributed by atoms with Crippen LogP contribution in [0.1, 0.15) is 43.8 Å². The van der Waals surface area contributed by atoms with Crippen molar-refractivity contribution in [3.8, 4) is 11.4 Å². The normalized spacial score (nSPS) is 16.4. The molecule has 0 unspecified atom stereocenters. The molecule has 5 heteroatoms. The number of nitrogens with one attached hydrogen (secondary N) is 1. The summed E-state index contributed by atoms with van der Waals surface area (Å²) in [5.74, 6) is 2.27. The molecule has 1 aliphatic carbocycles. The molecule has 0 bridgehead atoms. The molecule has 0 saturated heterocycles. The lowest BCUT2D eigenvalue weighted by Crippen LogP contribution is -2.06. The lowest BCUT2D eigenvalue weighted by molar-refractivity contribution is 0.429. The number of aromatic amines is 1. The van der Waals surface area contributed by atoms with Crippen LogP contribution in [0.5, 0.6) is 0 Å². The van der Waals surface area contributed by atoms with Crippen LogP contribution in [0, 0.1) is 0 Å². The summed E-state index contributed by atoms with van der Waals surface area (Å²) in [5, 5.41) is 7.54. The van der Waals surface area contributed by atoms with Gasteiger partial charge in [-0.1, -0.05) is 25.3 Å². The number of fused-ring (bicyclic) bond motifs is 1. The first kappa shape index (κ1) is 12.4. The van der Waals surface area contributed by atoms with Crippen molar-refractivity contribution in [2.24, 2.45) is 0 Å². The molecule has 1 aromatic carbocycles. The Balaban J connectivity index is 1.74. The van der Waals surface area contributed by atoms with Gasteiger partial charge in [-0.05, 0) is 25.0 Å². The van der Waals surface area contributed by atoms with Crippen LogP contribution in [-0.2, 0) is 0 Å². The lowest BCUT2D eigenvalue weighted by atomic mass is 9.89. The zero-order chi connectivity index (χ0) is 14.1. The molecular weight excluding hydrogens is 262 g/mol. The highest BCUT2D eigenvalue weighted by Gasteiger charge is 2.20. The maximum Gasteiger partial charge on any atom is 0.183 e. The van der Waals surface area contributed by atoms with Crippen molar-refractivity contribution in [2.45, 2.75) is 38.0 Å². The molecular formula is C16H17N5. The Labute approximate surface area is 122 Å². The number of para-hydroxylation sites is 1. The average Bonchev–Trinajstić information content (AvgIpc) is 3.05. The first-order valence-corrected chi connectivity index (χ1v) is 7.54. The van der Waals surface area contributed by atoms with Gasteiger partial charge < -0.3 is 0 Å². The summed E-state index contributed by atoms with van der Waals surface area (Å²) in [5.41, 5.74) is 2.67. The van der Waals surface area contributed by atoms with E-state index in [0.717, 1.165) is 28.2 Å². The summed E-state index contributed by atoms with van der Waals surface area (Å²) in [6, 6.07) is 5.94. The van der Waals surface area contributed by atoms with Crippen LogP contribution in [0.2, 0.25) is 0 Å². The van der Waals surface area contributed by atoms with Gasteiger partial charge in [-0.25, -0.2) is 4.98 Å². The van der Waals surface area contributed by atoms with Gasteiger partial charge in [-0.3, -0.25) is 15.1 Å². The van der Waals surface area contributed by atoms with Crippen molar-refractivity contribution >= 4 is 11.0 Å². The summed E-state index contributed by atoms with van der Waals surface area (Å²) >= 11 is 0. The standard InChI is InChI=1S/C16H17N5/c1-2-5-11(6-3-1)15-19-16(21-20-15)12-7-4-8-13-14(12)18-10-9-17-13/h4,7-11H,1-3,5-6H2,(H,19,20,21). The number of hydrogen-bond donors (Lipinski definition) is 1. The van der Waals surface area contributed by atoms with Crippen molar-refractivity contribution in [3.05, 3.63) is 36.4 Å². The van der Waals surface area contributed by atoms with Crippen molar-refractivity contribution in [2.75, 3.05) is 0 Å². The van der Waals surface area contributed by atoms with E-state index >= 15 is 0 Å². The first-order chi connectivity index (χ1) is 10.4. The molecule has 0 atom stereocenters. The third kappa shape index (κ3) is 2.28. The lowest BCUT2D eigenvalue weighted by Gasteiger charge is -2.18. The fraction of sp³-hybridized carbons (Fsp3) is 0.375. The van der Waals surface area contributed by atoms with Crippen molar-refractivity contribution < 1.29 is 0 Å². The van der Waals surface area contributed by atoms with E-state index in [0.29, 0.717) is 5.92 Å². The highest BCUT2D eigenvalue weighted by atomic mass is 15.2. The zero-order valence-electron chi connectivity index (χ0n) is 11.8. The van der Waals surface area contributed by atoms with E-state index in [4.69, 9.17) is 4.98 Å². The minimum Gasteiger partial charge on any atom is -0.262 e. The molecule has 21 heavy (non-hydrogen) atoms. The van der Waals surface area contributed by atoms with Crippen LogP contribution in [0.3, 0.4) is 0 Å². The summed E-state index contributed by atoms with van der Waals surface area (Å²) < 4.78 is 0. The van der Waals surface area contributed by atoms with Gasteiger partial charge in [0.25, 0.3) is 0 Å². The Morgan fingerprint density at radius 1 is 1.00 bits per heavy atom. The van der Waals surface area contributed by atoms with Crippen LogP contribution in [-0.4, -0.2) is 25.1 Å². The van der Waals surface area contributed by atoms with Crippen LogP contribution in [0.4, 0.5) is 0 Å². The summed E-state index contributed by atoms with van der Waals surface area (Å²) in [4.78, 5) is 13.5. The molecule has 1 fully saturated rings. The molecule has 2 aromatic heterocycles. The number of H-pyrrole nitrogens is 1. The minimum absolute atomic E-state index is 0.529. The molecule has 5 nitrogen and oxygen atoms in total. The molecule has 1 saturated carbocycles. The number of nitrogens with zero attached hydrogens (tertiary/aromatic N) is 4. The largest absolute Gasteiger partial charge is 0.262 e. The number of benzene rings is 1. The van der Waals surface area contributed by atoms with E-state index in [1.807, 2.05) is 18.2 Å². The molecule has 106 valence electrons. The zero-order valence-corrected chi connectivity index (χ0v) is 11.8. The van der Waals surface area contributed by atoms with E-state index in [2.05, 4.69) is 20.2 Å². The Bertz CT molecular complexity index is 753. The molecule has 0 amide bonds. The van der Waals surface area contributed by atoms with Gasteiger partial charge in [0.2, 0.25) is 0 Å². The van der Waals surface area contributed by atoms with Crippen LogP contribution >= 0.6 is 0 Å². The predicted octanol–water partition coefficient (Wildman–Crippen LogP) is 3.46. The van der Waals surface area contributed by atoms with Crippen LogP contribution in [0.15, 0.2) is 30.6 Å². The van der Waals surface area contributed by atoms with E-state index in [1.54, 1.807) is 12.4 Å². The Morgan fingerprint density at radius 3 is 2.76 bits per heavy atom. The van der Waals surface area contributed by atoms with E-state index < -0.39 is 0 Å². The third-order valence-corrected chi connectivity index (χ3v) is 4.23. The highest BCUT2D eigenvalue weighted by molar-refractivity contribution is 5.88.